The molecule has 0 aliphatic carbocycles. The van der Waals surface area contributed by atoms with Crippen LogP contribution in [0.3, 0.4) is 0 Å². The highest BCUT2D eigenvalue weighted by Gasteiger charge is 2.22. The van der Waals surface area contributed by atoms with Gasteiger partial charge >= 0.3 is 0 Å². The van der Waals surface area contributed by atoms with Crippen LogP contribution in [0.25, 0.3) is 11.0 Å². The summed E-state index contributed by atoms with van der Waals surface area (Å²) >= 11 is 0. The molecule has 4 rings (SSSR count). The van der Waals surface area contributed by atoms with Crippen LogP contribution in [0.4, 0.5) is 10.1 Å². The number of halogens is 1. The lowest BCUT2D eigenvalue weighted by Crippen LogP contribution is -2.36. The Kier molecular flexibility index (Phi) is 6.00. The maximum absolute atomic E-state index is 14.5. The monoisotopic (exact) mass is 444 g/mol. The second-order valence-electron chi connectivity index (χ2n) is 7.78. The zero-order valence-electron chi connectivity index (χ0n) is 17.7. The number of ether oxygens (including phenoxy) is 1. The SMILES string of the molecule is CCOc1ccc(C(C)C)cc1S(=O)NC(=O)c1cc2c(F)cc(N3CCC3)cc2o1. The number of nitrogens with zero attached hydrogens (tertiary/aromatic N) is 1. The van der Waals surface area contributed by atoms with Crippen LogP contribution in [-0.2, 0) is 11.0 Å². The van der Waals surface area contributed by atoms with Crippen LogP contribution >= 0.6 is 0 Å². The minimum absolute atomic E-state index is 0.0963. The highest BCUT2D eigenvalue weighted by Crippen LogP contribution is 2.31. The third-order valence-electron chi connectivity index (χ3n) is 5.34. The summed E-state index contributed by atoms with van der Waals surface area (Å²) < 4.78 is 41.1. The van der Waals surface area contributed by atoms with Gasteiger partial charge in [-0.1, -0.05) is 19.9 Å². The van der Waals surface area contributed by atoms with E-state index in [0.29, 0.717) is 17.3 Å². The number of hydrogen-bond donors (Lipinski definition) is 1. The van der Waals surface area contributed by atoms with Crippen molar-refractivity contribution in [3.63, 3.8) is 0 Å². The van der Waals surface area contributed by atoms with Gasteiger partial charge in [0.2, 0.25) is 0 Å². The molecule has 0 bridgehead atoms. The summed E-state index contributed by atoms with van der Waals surface area (Å²) in [7, 11) is -1.87. The predicted molar refractivity (Wildman–Crippen MR) is 119 cm³/mol. The molecule has 0 radical (unpaired) electrons. The normalized spacial score (nSPS) is 14.5. The van der Waals surface area contributed by atoms with Gasteiger partial charge in [-0.25, -0.2) is 8.60 Å². The lowest BCUT2D eigenvalue weighted by Gasteiger charge is -2.33. The summed E-state index contributed by atoms with van der Waals surface area (Å²) in [5, 5.41) is 0.219. The van der Waals surface area contributed by atoms with E-state index in [1.807, 2.05) is 31.7 Å². The van der Waals surface area contributed by atoms with E-state index in [9.17, 15) is 13.4 Å². The van der Waals surface area contributed by atoms with Crippen molar-refractivity contribution in [1.29, 1.82) is 0 Å². The third kappa shape index (κ3) is 4.30. The molecule has 2 aromatic carbocycles. The van der Waals surface area contributed by atoms with Gasteiger partial charge in [0, 0.05) is 30.9 Å². The first-order valence-electron chi connectivity index (χ1n) is 10.3. The number of amides is 1. The zero-order chi connectivity index (χ0) is 22.1. The van der Waals surface area contributed by atoms with E-state index >= 15 is 0 Å². The van der Waals surface area contributed by atoms with Crippen molar-refractivity contribution in [3.05, 3.63) is 53.5 Å². The summed E-state index contributed by atoms with van der Waals surface area (Å²) in [5.41, 5.74) is 1.99. The van der Waals surface area contributed by atoms with Crippen LogP contribution < -0.4 is 14.4 Å². The molecule has 1 unspecified atom stereocenters. The average Bonchev–Trinajstić information content (AvgIpc) is 3.12. The molecule has 1 aliphatic heterocycles. The van der Waals surface area contributed by atoms with Crippen LogP contribution in [0.2, 0.25) is 0 Å². The Bertz CT molecular complexity index is 1150. The number of rotatable bonds is 7. The highest BCUT2D eigenvalue weighted by molar-refractivity contribution is 7.83. The molecule has 1 fully saturated rings. The van der Waals surface area contributed by atoms with Crippen LogP contribution in [0.5, 0.6) is 5.75 Å². The molecule has 1 atom stereocenters. The predicted octanol–water partition coefficient (Wildman–Crippen LogP) is 4.76. The first-order chi connectivity index (χ1) is 14.9. The van der Waals surface area contributed by atoms with Crippen molar-refractivity contribution in [2.24, 2.45) is 0 Å². The van der Waals surface area contributed by atoms with Crippen molar-refractivity contribution in [2.75, 3.05) is 24.6 Å². The molecular formula is C23H25FN2O4S. The molecule has 1 aromatic heterocycles. The van der Waals surface area contributed by atoms with Crippen LogP contribution in [0, 0.1) is 5.82 Å². The Hall–Kier alpha value is -2.87. The summed E-state index contributed by atoms with van der Waals surface area (Å²) in [4.78, 5) is 15.1. The van der Waals surface area contributed by atoms with Crippen LogP contribution in [0.1, 0.15) is 49.2 Å². The van der Waals surface area contributed by atoms with Crippen molar-refractivity contribution >= 4 is 33.5 Å². The summed E-state index contributed by atoms with van der Waals surface area (Å²) in [6, 6.07) is 9.95. The van der Waals surface area contributed by atoms with Gasteiger partial charge in [-0.2, -0.15) is 0 Å². The topological polar surface area (TPSA) is 71.8 Å². The number of furan rings is 1. The lowest BCUT2D eigenvalue weighted by molar-refractivity contribution is 0.0958. The Labute approximate surface area is 183 Å². The van der Waals surface area contributed by atoms with Crippen LogP contribution in [-0.4, -0.2) is 29.8 Å². The van der Waals surface area contributed by atoms with E-state index in [0.717, 1.165) is 30.8 Å². The second-order valence-corrected chi connectivity index (χ2v) is 8.97. The van der Waals surface area contributed by atoms with Gasteiger partial charge < -0.3 is 14.1 Å². The summed E-state index contributed by atoms with van der Waals surface area (Å²) in [5.74, 6) is -0.564. The van der Waals surface area contributed by atoms with Crippen LogP contribution in [0.15, 0.2) is 45.7 Å². The van der Waals surface area contributed by atoms with E-state index in [1.54, 1.807) is 18.2 Å². The van der Waals surface area contributed by atoms with E-state index < -0.39 is 22.7 Å². The second kappa shape index (κ2) is 8.70. The van der Waals surface area contributed by atoms with Gasteiger partial charge in [0.25, 0.3) is 5.91 Å². The number of fused-ring (bicyclic) bond motifs is 1. The molecule has 1 amide bonds. The van der Waals surface area contributed by atoms with Gasteiger partial charge in [-0.15, -0.1) is 0 Å². The molecule has 6 nitrogen and oxygen atoms in total. The first kappa shape index (κ1) is 21.4. The Morgan fingerprint density at radius 3 is 2.68 bits per heavy atom. The largest absolute Gasteiger partial charge is 0.493 e. The number of benzene rings is 2. The van der Waals surface area contributed by atoms with E-state index in [4.69, 9.17) is 9.15 Å². The molecular weight excluding hydrogens is 419 g/mol. The molecule has 1 saturated heterocycles. The maximum atomic E-state index is 14.5. The Morgan fingerprint density at radius 1 is 1.26 bits per heavy atom. The number of carbonyl (C=O) groups is 1. The molecule has 1 aliphatic rings. The minimum atomic E-state index is -1.87. The van der Waals surface area contributed by atoms with Crippen molar-refractivity contribution in [2.45, 2.75) is 38.0 Å². The molecule has 31 heavy (non-hydrogen) atoms. The molecule has 2 heterocycles. The van der Waals surface area contributed by atoms with E-state index in [2.05, 4.69) is 4.72 Å². The Balaban J connectivity index is 1.59. The number of hydrogen-bond acceptors (Lipinski definition) is 5. The molecule has 164 valence electrons. The van der Waals surface area contributed by atoms with E-state index in [1.165, 1.54) is 12.1 Å². The molecule has 0 spiro atoms. The van der Waals surface area contributed by atoms with Gasteiger partial charge in [0.1, 0.15) is 22.0 Å². The third-order valence-corrected chi connectivity index (χ3v) is 6.43. The highest BCUT2D eigenvalue weighted by atomic mass is 32.2. The van der Waals surface area contributed by atoms with Crippen molar-refractivity contribution in [1.82, 2.24) is 4.72 Å². The fourth-order valence-corrected chi connectivity index (χ4v) is 4.38. The molecule has 0 saturated carbocycles. The van der Waals surface area contributed by atoms with Gasteiger partial charge in [0.15, 0.2) is 16.7 Å². The average molecular weight is 445 g/mol. The quantitative estimate of drug-likeness (QED) is 0.569. The smallest absolute Gasteiger partial charge is 0.298 e. The number of nitrogens with one attached hydrogen (secondary N) is 1. The van der Waals surface area contributed by atoms with Gasteiger partial charge in [-0.05, 0) is 43.0 Å². The number of carbonyl (C=O) groups excluding carboxylic acids is 1. The molecule has 8 heteroatoms. The van der Waals surface area contributed by atoms with E-state index in [-0.39, 0.29) is 22.6 Å². The number of anilines is 1. The lowest BCUT2D eigenvalue weighted by atomic mass is 10.0. The fourth-order valence-electron chi connectivity index (χ4n) is 3.44. The summed E-state index contributed by atoms with van der Waals surface area (Å²) in [6.45, 7) is 8.03. The molecule has 1 N–H and O–H groups in total. The fraction of sp³-hybridized carbons (Fsp3) is 0.348. The van der Waals surface area contributed by atoms with Gasteiger partial charge in [-0.3, -0.25) is 9.52 Å². The standard InChI is InChI=1S/C23H25FN2O4S/c1-4-29-19-7-6-15(14(2)3)10-22(19)31(28)25-23(27)21-13-17-18(24)11-16(12-20(17)30-21)26-8-5-9-26/h6-7,10-14H,4-5,8-9H2,1-3H3,(H,25,27). The van der Waals surface area contributed by atoms with Crippen molar-refractivity contribution in [3.8, 4) is 5.75 Å². The molecule has 3 aromatic rings. The Morgan fingerprint density at radius 2 is 2.03 bits per heavy atom. The minimum Gasteiger partial charge on any atom is -0.493 e. The van der Waals surface area contributed by atoms with Gasteiger partial charge in [0.05, 0.1) is 12.0 Å². The first-order valence-corrected chi connectivity index (χ1v) is 11.5. The van der Waals surface area contributed by atoms with Crippen molar-refractivity contribution < 1.29 is 22.5 Å². The summed E-state index contributed by atoms with van der Waals surface area (Å²) in [6.07, 6.45) is 1.07. The zero-order valence-corrected chi connectivity index (χ0v) is 18.6. The maximum Gasteiger partial charge on any atom is 0.298 e.